The van der Waals surface area contributed by atoms with Crippen LogP contribution in [0.3, 0.4) is 0 Å². The lowest BCUT2D eigenvalue weighted by Gasteiger charge is -2.29. The molecule has 3 heteroatoms. The average Bonchev–Trinajstić information content (AvgIpc) is 3.04. The number of fused-ring (bicyclic) bond motifs is 2. The van der Waals surface area contributed by atoms with E-state index in [0.717, 1.165) is 16.3 Å². The Morgan fingerprint density at radius 3 is 2.44 bits per heavy atom. The summed E-state index contributed by atoms with van der Waals surface area (Å²) in [5, 5.41) is 15.4. The first-order valence-electron chi connectivity index (χ1n) is 8.28. The largest absolute Gasteiger partial charge is 0.222 e. The van der Waals surface area contributed by atoms with Crippen molar-refractivity contribution in [2.24, 2.45) is 0 Å². The summed E-state index contributed by atoms with van der Waals surface area (Å²) in [7, 11) is 0. The molecule has 2 unspecified atom stereocenters. The first-order chi connectivity index (χ1) is 12.0. The van der Waals surface area contributed by atoms with Crippen molar-refractivity contribution in [3.05, 3.63) is 89.0 Å². The van der Waals surface area contributed by atoms with Crippen LogP contribution in [0.2, 0.25) is 0 Å². The lowest BCUT2D eigenvalue weighted by Crippen LogP contribution is -2.29. The molecular formula is C22H17Cl2O. The second kappa shape index (κ2) is 6.17. The van der Waals surface area contributed by atoms with E-state index in [-0.39, 0.29) is 5.92 Å². The van der Waals surface area contributed by atoms with Crippen molar-refractivity contribution < 1.29 is 5.11 Å². The molecule has 0 amide bonds. The Bertz CT molecular complexity index is 973. The topological polar surface area (TPSA) is 19.9 Å². The standard InChI is InChI=1S/C22H17Cl2O/c1-22(25,21(23)24)20-17-9-5-3-7-15(17)11-13-19(20)18-12-10-14-6-2-4-8-16(14)18/h2-13,18,21H,1H3. The Labute approximate surface area is 157 Å². The highest BCUT2D eigenvalue weighted by molar-refractivity contribution is 6.45. The Morgan fingerprint density at radius 1 is 0.920 bits per heavy atom. The molecule has 1 aliphatic rings. The molecule has 1 nitrogen and oxygen atoms in total. The molecule has 1 aliphatic carbocycles. The van der Waals surface area contributed by atoms with Crippen LogP contribution in [0.25, 0.3) is 16.8 Å². The van der Waals surface area contributed by atoms with Gasteiger partial charge in [0.1, 0.15) is 4.84 Å². The summed E-state index contributed by atoms with van der Waals surface area (Å²) in [5.74, 6) is 0.0381. The average molecular weight is 368 g/mol. The van der Waals surface area contributed by atoms with Crippen LogP contribution in [0, 0.1) is 0 Å². The Kier molecular flexibility index (Phi) is 4.11. The summed E-state index contributed by atoms with van der Waals surface area (Å²) < 4.78 is 0. The van der Waals surface area contributed by atoms with Crippen LogP contribution in [0.1, 0.15) is 35.1 Å². The molecule has 0 N–H and O–H groups in total. The van der Waals surface area contributed by atoms with Gasteiger partial charge in [-0.15, -0.1) is 23.2 Å². The van der Waals surface area contributed by atoms with Crippen LogP contribution in [-0.2, 0) is 10.7 Å². The molecule has 0 aliphatic heterocycles. The van der Waals surface area contributed by atoms with Crippen LogP contribution in [0.5, 0.6) is 0 Å². The minimum Gasteiger partial charge on any atom is -0.222 e. The maximum absolute atomic E-state index is 13.4. The minimum absolute atomic E-state index is 0.0381. The highest BCUT2D eigenvalue weighted by atomic mass is 35.5. The summed E-state index contributed by atoms with van der Waals surface area (Å²) in [6.07, 6.45) is 4.26. The molecule has 4 rings (SSSR count). The van der Waals surface area contributed by atoms with Crippen molar-refractivity contribution in [3.8, 4) is 0 Å². The zero-order chi connectivity index (χ0) is 17.6. The molecule has 0 aromatic heterocycles. The maximum atomic E-state index is 13.4. The summed E-state index contributed by atoms with van der Waals surface area (Å²) in [5.41, 5.74) is 2.45. The smallest absolute Gasteiger partial charge is 0.156 e. The van der Waals surface area contributed by atoms with Crippen molar-refractivity contribution in [1.82, 2.24) is 0 Å². The summed E-state index contributed by atoms with van der Waals surface area (Å²) in [4.78, 5) is -1.04. The molecule has 3 aromatic rings. The Balaban J connectivity index is 2.01. The number of rotatable bonds is 3. The predicted molar refractivity (Wildman–Crippen MR) is 105 cm³/mol. The van der Waals surface area contributed by atoms with E-state index < -0.39 is 10.4 Å². The van der Waals surface area contributed by atoms with E-state index in [1.54, 1.807) is 6.92 Å². The van der Waals surface area contributed by atoms with Crippen molar-refractivity contribution in [3.63, 3.8) is 0 Å². The van der Waals surface area contributed by atoms with Crippen LogP contribution >= 0.6 is 23.2 Å². The van der Waals surface area contributed by atoms with Crippen LogP contribution in [0.15, 0.2) is 66.7 Å². The highest BCUT2D eigenvalue weighted by Gasteiger charge is 2.38. The van der Waals surface area contributed by atoms with Gasteiger partial charge in [-0.25, -0.2) is 5.11 Å². The second-order valence-corrected chi connectivity index (χ2v) is 7.72. The van der Waals surface area contributed by atoms with E-state index in [2.05, 4.69) is 30.4 Å². The van der Waals surface area contributed by atoms with Crippen molar-refractivity contribution in [2.45, 2.75) is 23.3 Å². The molecule has 0 saturated heterocycles. The fourth-order valence-corrected chi connectivity index (χ4v) is 3.95. The van der Waals surface area contributed by atoms with Gasteiger partial charge in [-0.2, -0.15) is 0 Å². The van der Waals surface area contributed by atoms with Crippen molar-refractivity contribution in [2.75, 3.05) is 0 Å². The number of benzene rings is 3. The molecule has 2 atom stereocenters. The van der Waals surface area contributed by atoms with Gasteiger partial charge in [0, 0.05) is 11.5 Å². The molecule has 0 bridgehead atoms. The first kappa shape index (κ1) is 16.7. The van der Waals surface area contributed by atoms with Gasteiger partial charge < -0.3 is 0 Å². The van der Waals surface area contributed by atoms with E-state index in [1.165, 1.54) is 11.1 Å². The van der Waals surface area contributed by atoms with E-state index in [9.17, 15) is 5.11 Å². The van der Waals surface area contributed by atoms with Gasteiger partial charge in [0.05, 0.1) is 0 Å². The number of hydrogen-bond acceptors (Lipinski definition) is 0. The lowest BCUT2D eigenvalue weighted by atomic mass is 9.81. The van der Waals surface area contributed by atoms with Gasteiger partial charge >= 0.3 is 0 Å². The third kappa shape index (κ3) is 2.67. The number of halogens is 2. The van der Waals surface area contributed by atoms with Crippen molar-refractivity contribution >= 4 is 40.1 Å². The third-order valence-corrected chi connectivity index (χ3v) is 5.84. The normalized spacial score (nSPS) is 18.5. The molecule has 0 spiro atoms. The summed E-state index contributed by atoms with van der Waals surface area (Å²) >= 11 is 12.2. The highest BCUT2D eigenvalue weighted by Crippen LogP contribution is 2.44. The first-order valence-corrected chi connectivity index (χ1v) is 9.15. The van der Waals surface area contributed by atoms with Gasteiger partial charge in [0.2, 0.25) is 0 Å². The Morgan fingerprint density at radius 2 is 1.64 bits per heavy atom. The van der Waals surface area contributed by atoms with Crippen molar-refractivity contribution in [1.29, 1.82) is 0 Å². The number of allylic oxidation sites excluding steroid dienone is 1. The van der Waals surface area contributed by atoms with E-state index >= 15 is 0 Å². The fourth-order valence-electron chi connectivity index (χ4n) is 3.73. The zero-order valence-corrected chi connectivity index (χ0v) is 15.3. The molecule has 0 saturated carbocycles. The van der Waals surface area contributed by atoms with Gasteiger partial charge in [-0.1, -0.05) is 72.8 Å². The van der Waals surface area contributed by atoms with Gasteiger partial charge in [0.15, 0.2) is 5.60 Å². The quantitative estimate of drug-likeness (QED) is 0.474. The second-order valence-electron chi connectivity index (χ2n) is 6.62. The molecule has 125 valence electrons. The maximum Gasteiger partial charge on any atom is 0.156 e. The van der Waals surface area contributed by atoms with Gasteiger partial charge in [0.25, 0.3) is 0 Å². The Hall–Kier alpha value is -1.80. The van der Waals surface area contributed by atoms with E-state index in [4.69, 9.17) is 23.2 Å². The molecule has 3 aromatic carbocycles. The van der Waals surface area contributed by atoms with Gasteiger partial charge in [-0.3, -0.25) is 0 Å². The zero-order valence-electron chi connectivity index (χ0n) is 13.7. The predicted octanol–water partition coefficient (Wildman–Crippen LogP) is 6.45. The van der Waals surface area contributed by atoms with Gasteiger partial charge in [-0.05, 0) is 34.4 Å². The lowest BCUT2D eigenvalue weighted by molar-refractivity contribution is -0.00492. The molecule has 0 fully saturated rings. The van der Waals surface area contributed by atoms with E-state index in [1.807, 2.05) is 42.5 Å². The minimum atomic E-state index is -1.61. The van der Waals surface area contributed by atoms with E-state index in [0.29, 0.717) is 5.56 Å². The summed E-state index contributed by atoms with van der Waals surface area (Å²) in [6, 6.07) is 20.3. The van der Waals surface area contributed by atoms with Crippen LogP contribution in [-0.4, -0.2) is 4.84 Å². The number of hydrogen-bond donors (Lipinski definition) is 0. The van der Waals surface area contributed by atoms with Crippen LogP contribution in [0.4, 0.5) is 0 Å². The summed E-state index contributed by atoms with van der Waals surface area (Å²) in [6.45, 7) is 1.58. The molecule has 0 heterocycles. The molecule has 1 radical (unpaired) electrons. The fraction of sp³-hybridized carbons (Fsp3) is 0.182. The number of alkyl halides is 2. The monoisotopic (exact) mass is 367 g/mol. The SMILES string of the molecule is CC([O])(c1c(C2C=Cc3ccccc32)ccc2ccccc12)C(Cl)Cl. The molecule has 25 heavy (non-hydrogen) atoms. The third-order valence-electron chi connectivity index (χ3n) is 5.01. The molecular weight excluding hydrogens is 351 g/mol. The van der Waals surface area contributed by atoms with Crippen LogP contribution < -0.4 is 0 Å².